The molecule has 2 heterocycles. The molecular weight excluding hydrogens is 967 g/mol. The molecule has 2 aliphatic rings. The molecule has 0 aromatic carbocycles. The minimum atomic E-state index is -1.78. The highest BCUT2D eigenvalue weighted by molar-refractivity contribution is 5.76. The quantitative estimate of drug-likeness (QED) is 0.0204. The summed E-state index contributed by atoms with van der Waals surface area (Å²) in [7, 11) is 0. The number of aliphatic hydroxyl groups is 8. The second-order valence-corrected chi connectivity index (χ2v) is 22.9. The van der Waals surface area contributed by atoms with Crippen LogP contribution in [-0.2, 0) is 23.7 Å². The van der Waals surface area contributed by atoms with Gasteiger partial charge in [0, 0.05) is 6.42 Å². The van der Waals surface area contributed by atoms with E-state index in [-0.39, 0.29) is 12.5 Å². The fourth-order valence-electron chi connectivity index (χ4n) is 10.8. The lowest BCUT2D eigenvalue weighted by Gasteiger charge is -2.46. The van der Waals surface area contributed by atoms with Crippen molar-refractivity contribution in [2.45, 2.75) is 357 Å². The van der Waals surface area contributed by atoms with Crippen molar-refractivity contribution in [1.29, 1.82) is 0 Å². The number of rotatable bonds is 52. The maximum Gasteiger partial charge on any atom is 0.220 e. The predicted molar refractivity (Wildman–Crippen MR) is 305 cm³/mol. The summed E-state index contributed by atoms with van der Waals surface area (Å²) in [5.74, 6) is -0.211. The molecule has 2 aliphatic heterocycles. The minimum Gasteiger partial charge on any atom is -0.394 e. The maximum atomic E-state index is 13.3. The zero-order valence-electron chi connectivity index (χ0n) is 48.5. The van der Waals surface area contributed by atoms with Crippen molar-refractivity contribution < 1.29 is 64.6 Å². The summed E-state index contributed by atoms with van der Waals surface area (Å²) in [6, 6.07) is -0.830. The van der Waals surface area contributed by atoms with E-state index in [4.69, 9.17) is 18.9 Å². The van der Waals surface area contributed by atoms with Crippen LogP contribution in [0.25, 0.3) is 0 Å². The Morgan fingerprint density at radius 2 is 0.829 bits per heavy atom. The summed E-state index contributed by atoms with van der Waals surface area (Å²) in [4.78, 5) is 13.3. The Labute approximate surface area is 463 Å². The van der Waals surface area contributed by atoms with Gasteiger partial charge in [-0.2, -0.15) is 0 Å². The van der Waals surface area contributed by atoms with E-state index >= 15 is 0 Å². The Bertz CT molecular complexity index is 1330. The molecule has 2 rings (SSSR count). The molecular formula is C62H119NO13. The van der Waals surface area contributed by atoms with E-state index in [9.17, 15) is 45.6 Å². The van der Waals surface area contributed by atoms with Crippen molar-refractivity contribution in [2.24, 2.45) is 0 Å². The van der Waals surface area contributed by atoms with E-state index < -0.39 is 86.8 Å². The molecule has 14 heteroatoms. The number of ether oxygens (including phenoxy) is 4. The smallest absolute Gasteiger partial charge is 0.220 e. The number of carbonyl (C=O) groups excluding carboxylic acids is 1. The predicted octanol–water partition coefficient (Wildman–Crippen LogP) is 11.5. The second kappa shape index (κ2) is 48.4. The summed E-state index contributed by atoms with van der Waals surface area (Å²) >= 11 is 0. The number of amides is 1. The zero-order chi connectivity index (χ0) is 55.3. The largest absolute Gasteiger partial charge is 0.394 e. The molecule has 0 spiro atoms. The lowest BCUT2D eigenvalue weighted by Crippen LogP contribution is -2.65. The van der Waals surface area contributed by atoms with Crippen LogP contribution in [0, 0.1) is 0 Å². The van der Waals surface area contributed by atoms with Crippen LogP contribution < -0.4 is 5.32 Å². The molecule has 1 amide bonds. The fourth-order valence-corrected chi connectivity index (χ4v) is 10.8. The van der Waals surface area contributed by atoms with Crippen molar-refractivity contribution in [2.75, 3.05) is 19.8 Å². The Hall–Kier alpha value is -1.27. The monoisotopic (exact) mass is 1090 g/mol. The van der Waals surface area contributed by atoms with Gasteiger partial charge in [-0.25, -0.2) is 0 Å². The number of nitrogens with one attached hydrogen (secondary N) is 1. The van der Waals surface area contributed by atoms with Crippen molar-refractivity contribution >= 4 is 5.91 Å². The van der Waals surface area contributed by atoms with Gasteiger partial charge in [0.05, 0.1) is 32.0 Å². The molecule has 14 nitrogen and oxygen atoms in total. The van der Waals surface area contributed by atoms with E-state index in [1.165, 1.54) is 186 Å². The average Bonchev–Trinajstić information content (AvgIpc) is 3.42. The van der Waals surface area contributed by atoms with Crippen LogP contribution in [0.3, 0.4) is 0 Å². The normalized spacial score (nSPS) is 24.9. The van der Waals surface area contributed by atoms with Crippen LogP contribution in [0.4, 0.5) is 0 Å². The standard InChI is InChI=1S/C62H119NO13/c1-3-5-7-9-11-13-15-17-19-20-21-22-23-24-25-26-27-28-29-30-32-33-35-37-39-41-43-45-51(66)50(63-54(67)46-44-42-40-38-36-34-31-18-16-14-12-10-8-6-4-2)49-73-61-59(72)57(70)60(53(48-65)75-61)76-62-58(71)56(69)55(68)52(47-64)74-62/h18,31,50-53,55-62,64-66,68-72H,3-17,19-30,32-49H2,1-2H3,(H,63,67)/b31-18-. The molecule has 0 bridgehead atoms. The van der Waals surface area contributed by atoms with E-state index in [2.05, 4.69) is 31.3 Å². The lowest BCUT2D eigenvalue weighted by molar-refractivity contribution is -0.359. The van der Waals surface area contributed by atoms with E-state index in [1.54, 1.807) is 0 Å². The molecule has 12 unspecified atom stereocenters. The topological polar surface area (TPSA) is 228 Å². The molecule has 450 valence electrons. The van der Waals surface area contributed by atoms with Gasteiger partial charge >= 0.3 is 0 Å². The zero-order valence-corrected chi connectivity index (χ0v) is 48.5. The number of hydrogen-bond donors (Lipinski definition) is 9. The van der Waals surface area contributed by atoms with E-state index in [0.29, 0.717) is 19.3 Å². The maximum absolute atomic E-state index is 13.3. The van der Waals surface area contributed by atoms with Gasteiger partial charge in [-0.15, -0.1) is 0 Å². The van der Waals surface area contributed by atoms with Crippen LogP contribution in [0.5, 0.6) is 0 Å². The third-order valence-corrected chi connectivity index (χ3v) is 16.0. The van der Waals surface area contributed by atoms with Crippen LogP contribution in [0.2, 0.25) is 0 Å². The van der Waals surface area contributed by atoms with Gasteiger partial charge in [-0.3, -0.25) is 4.79 Å². The molecule has 0 saturated carbocycles. The van der Waals surface area contributed by atoms with Gasteiger partial charge in [0.25, 0.3) is 0 Å². The molecule has 0 aromatic heterocycles. The first kappa shape index (κ1) is 70.8. The van der Waals surface area contributed by atoms with Gasteiger partial charge in [-0.05, 0) is 38.5 Å². The first-order valence-electron chi connectivity index (χ1n) is 31.9. The molecule has 0 aliphatic carbocycles. The summed E-state index contributed by atoms with van der Waals surface area (Å²) in [5.41, 5.74) is 0. The third kappa shape index (κ3) is 33.5. The SMILES string of the molecule is CCCCCCCC/C=C\CCCCCCCC(=O)NC(COC1OC(CO)C(OC2OC(CO)C(O)C(O)C2O)C(O)C1O)C(O)CCCCCCCCCCCCCCCCCCCCCCCCCCCCC. The molecule has 76 heavy (non-hydrogen) atoms. The number of unbranched alkanes of at least 4 members (excludes halogenated alkanes) is 37. The molecule has 2 fully saturated rings. The number of hydrogen-bond acceptors (Lipinski definition) is 13. The second-order valence-electron chi connectivity index (χ2n) is 22.9. The van der Waals surface area contributed by atoms with Crippen LogP contribution in [0.15, 0.2) is 12.2 Å². The van der Waals surface area contributed by atoms with E-state index in [1.807, 2.05) is 0 Å². The molecule has 9 N–H and O–H groups in total. The van der Waals surface area contributed by atoms with Crippen molar-refractivity contribution in [3.8, 4) is 0 Å². The summed E-state index contributed by atoms with van der Waals surface area (Å²) < 4.78 is 22.9. The highest BCUT2D eigenvalue weighted by Gasteiger charge is 2.51. The van der Waals surface area contributed by atoms with Crippen molar-refractivity contribution in [3.05, 3.63) is 12.2 Å². The van der Waals surface area contributed by atoms with Crippen molar-refractivity contribution in [3.63, 3.8) is 0 Å². The van der Waals surface area contributed by atoms with Gasteiger partial charge in [-0.1, -0.05) is 251 Å². The molecule has 12 atom stereocenters. The average molecular weight is 1090 g/mol. The van der Waals surface area contributed by atoms with Crippen molar-refractivity contribution in [1.82, 2.24) is 5.32 Å². The van der Waals surface area contributed by atoms with Gasteiger partial charge in [0.1, 0.15) is 48.8 Å². The van der Waals surface area contributed by atoms with E-state index in [0.717, 1.165) is 64.2 Å². The summed E-state index contributed by atoms with van der Waals surface area (Å²) in [6.07, 6.45) is 39.4. The van der Waals surface area contributed by atoms with Gasteiger partial charge < -0.3 is 65.1 Å². The number of carbonyl (C=O) groups is 1. The first-order chi connectivity index (χ1) is 37.1. The lowest BCUT2D eigenvalue weighted by atomic mass is 9.97. The first-order valence-corrected chi connectivity index (χ1v) is 31.9. The number of allylic oxidation sites excluding steroid dienone is 2. The van der Waals surface area contributed by atoms with Gasteiger partial charge in [0.2, 0.25) is 5.91 Å². The van der Waals surface area contributed by atoms with Crippen LogP contribution in [0.1, 0.15) is 284 Å². The Kier molecular flexibility index (Phi) is 45.1. The van der Waals surface area contributed by atoms with Gasteiger partial charge in [0.15, 0.2) is 12.6 Å². The highest BCUT2D eigenvalue weighted by Crippen LogP contribution is 2.30. The Balaban J connectivity index is 1.69. The minimum absolute atomic E-state index is 0.211. The summed E-state index contributed by atoms with van der Waals surface area (Å²) in [5, 5.41) is 87.3. The molecule has 2 saturated heterocycles. The highest BCUT2D eigenvalue weighted by atomic mass is 16.7. The van der Waals surface area contributed by atoms with Crippen LogP contribution >= 0.6 is 0 Å². The summed E-state index contributed by atoms with van der Waals surface area (Å²) in [6.45, 7) is 2.88. The Morgan fingerprint density at radius 1 is 0.461 bits per heavy atom. The Morgan fingerprint density at radius 3 is 1.25 bits per heavy atom. The van der Waals surface area contributed by atoms with Crippen LogP contribution in [-0.4, -0.2) is 140 Å². The number of aliphatic hydroxyl groups excluding tert-OH is 8. The molecule has 0 aromatic rings. The molecule has 0 radical (unpaired) electrons. The third-order valence-electron chi connectivity index (χ3n) is 16.0. The fraction of sp³-hybridized carbons (Fsp3) is 0.952.